The summed E-state index contributed by atoms with van der Waals surface area (Å²) in [6.07, 6.45) is 2.76. The van der Waals surface area contributed by atoms with Crippen LogP contribution in [0.15, 0.2) is 0 Å². The van der Waals surface area contributed by atoms with Crippen molar-refractivity contribution >= 4 is 29.4 Å². The van der Waals surface area contributed by atoms with E-state index in [-0.39, 0.29) is 35.7 Å². The Balaban J connectivity index is 2.68. The molecule has 0 aliphatic carbocycles. The van der Waals surface area contributed by atoms with Crippen molar-refractivity contribution < 1.29 is 14.4 Å². The van der Waals surface area contributed by atoms with E-state index >= 15 is 0 Å². The normalized spacial score (nSPS) is 19.7. The maximum atomic E-state index is 12.9. The van der Waals surface area contributed by atoms with Gasteiger partial charge in [0.25, 0.3) is 0 Å². The molecule has 7 nitrogen and oxygen atoms in total. The van der Waals surface area contributed by atoms with Gasteiger partial charge in [0, 0.05) is 32.2 Å². The average molecular weight is 389 g/mol. The van der Waals surface area contributed by atoms with Crippen LogP contribution in [0.3, 0.4) is 0 Å². The SMILES string of the molecule is CCCCNC(=O)N1CCN(C(=O)C(NC(=O)CCl)C(C)CC)CC1C. The Kier molecular flexibility index (Phi) is 9.76. The van der Waals surface area contributed by atoms with Crippen LogP contribution in [-0.4, -0.2) is 71.8 Å². The molecule has 1 saturated heterocycles. The van der Waals surface area contributed by atoms with E-state index in [4.69, 9.17) is 11.6 Å². The summed E-state index contributed by atoms with van der Waals surface area (Å²) in [7, 11) is 0. The van der Waals surface area contributed by atoms with Crippen molar-refractivity contribution in [2.75, 3.05) is 32.1 Å². The summed E-state index contributed by atoms with van der Waals surface area (Å²) >= 11 is 5.58. The molecule has 8 heteroatoms. The molecule has 1 aliphatic rings. The summed E-state index contributed by atoms with van der Waals surface area (Å²) in [4.78, 5) is 40.4. The zero-order valence-corrected chi connectivity index (χ0v) is 17.1. The number of urea groups is 1. The molecule has 0 bridgehead atoms. The van der Waals surface area contributed by atoms with E-state index in [2.05, 4.69) is 17.6 Å². The molecular formula is C18H33ClN4O3. The van der Waals surface area contributed by atoms with Crippen LogP contribution < -0.4 is 10.6 Å². The number of alkyl halides is 1. The van der Waals surface area contributed by atoms with Crippen LogP contribution in [0.4, 0.5) is 4.79 Å². The van der Waals surface area contributed by atoms with E-state index in [1.807, 2.05) is 20.8 Å². The molecule has 0 aromatic heterocycles. The number of piperazine rings is 1. The second kappa shape index (κ2) is 11.3. The van der Waals surface area contributed by atoms with Gasteiger partial charge in [-0.2, -0.15) is 0 Å². The highest BCUT2D eigenvalue weighted by atomic mass is 35.5. The summed E-state index contributed by atoms with van der Waals surface area (Å²) < 4.78 is 0. The van der Waals surface area contributed by atoms with E-state index in [1.165, 1.54) is 0 Å². The van der Waals surface area contributed by atoms with E-state index in [1.54, 1.807) is 9.80 Å². The fraction of sp³-hybridized carbons (Fsp3) is 0.833. The highest BCUT2D eigenvalue weighted by molar-refractivity contribution is 6.27. The van der Waals surface area contributed by atoms with Gasteiger partial charge >= 0.3 is 6.03 Å². The molecule has 1 fully saturated rings. The molecule has 150 valence electrons. The van der Waals surface area contributed by atoms with Crippen molar-refractivity contribution in [3.63, 3.8) is 0 Å². The number of hydrogen-bond donors (Lipinski definition) is 2. The maximum absolute atomic E-state index is 12.9. The minimum absolute atomic E-state index is 0.0142. The summed E-state index contributed by atoms with van der Waals surface area (Å²) in [5.41, 5.74) is 0. The van der Waals surface area contributed by atoms with Gasteiger partial charge in [0.1, 0.15) is 11.9 Å². The van der Waals surface area contributed by atoms with E-state index in [0.29, 0.717) is 26.2 Å². The van der Waals surface area contributed by atoms with Gasteiger partial charge in [-0.15, -0.1) is 11.6 Å². The number of rotatable bonds is 8. The molecule has 0 radical (unpaired) electrons. The predicted octanol–water partition coefficient (Wildman–Crippen LogP) is 1.80. The number of carbonyl (C=O) groups is 3. The van der Waals surface area contributed by atoms with Gasteiger partial charge in [0.05, 0.1) is 0 Å². The molecule has 26 heavy (non-hydrogen) atoms. The molecule has 3 atom stereocenters. The number of amides is 4. The third-order valence-electron chi connectivity index (χ3n) is 4.92. The first kappa shape index (κ1) is 22.5. The molecule has 0 aromatic rings. The number of hydrogen-bond acceptors (Lipinski definition) is 3. The van der Waals surface area contributed by atoms with Crippen molar-refractivity contribution in [2.45, 2.75) is 59.0 Å². The smallest absolute Gasteiger partial charge is 0.317 e. The standard InChI is InChI=1S/C18H33ClN4O3/c1-5-7-8-20-18(26)23-10-9-22(12-14(23)4)17(25)16(13(3)6-2)21-15(24)11-19/h13-14,16H,5-12H2,1-4H3,(H,20,26)(H,21,24). The zero-order valence-electron chi connectivity index (χ0n) is 16.4. The molecule has 0 spiro atoms. The second-order valence-corrected chi connectivity index (χ2v) is 7.24. The Bertz CT molecular complexity index is 489. The lowest BCUT2D eigenvalue weighted by Gasteiger charge is -2.41. The van der Waals surface area contributed by atoms with E-state index < -0.39 is 6.04 Å². The van der Waals surface area contributed by atoms with E-state index in [9.17, 15) is 14.4 Å². The monoisotopic (exact) mass is 388 g/mol. The topological polar surface area (TPSA) is 81.8 Å². The molecule has 4 amide bonds. The zero-order chi connectivity index (χ0) is 19.7. The van der Waals surface area contributed by atoms with Crippen LogP contribution >= 0.6 is 11.6 Å². The lowest BCUT2D eigenvalue weighted by Crippen LogP contribution is -2.61. The largest absolute Gasteiger partial charge is 0.343 e. The van der Waals surface area contributed by atoms with Gasteiger partial charge in [-0.05, 0) is 19.3 Å². The van der Waals surface area contributed by atoms with Crippen molar-refractivity contribution in [1.29, 1.82) is 0 Å². The van der Waals surface area contributed by atoms with Gasteiger partial charge in [-0.25, -0.2) is 4.79 Å². The average Bonchev–Trinajstić information content (AvgIpc) is 2.64. The Morgan fingerprint density at radius 3 is 2.46 bits per heavy atom. The molecule has 1 heterocycles. The number of unbranched alkanes of at least 4 members (excludes halogenated alkanes) is 1. The second-order valence-electron chi connectivity index (χ2n) is 6.98. The van der Waals surface area contributed by atoms with E-state index in [0.717, 1.165) is 19.3 Å². The molecule has 1 rings (SSSR count). The molecule has 1 aliphatic heterocycles. The molecule has 2 N–H and O–H groups in total. The summed E-state index contributed by atoms with van der Waals surface area (Å²) in [6, 6.07) is -0.731. The molecular weight excluding hydrogens is 356 g/mol. The first-order chi connectivity index (χ1) is 12.3. The third kappa shape index (κ3) is 6.34. The van der Waals surface area contributed by atoms with Gasteiger partial charge in [0.2, 0.25) is 11.8 Å². The van der Waals surface area contributed by atoms with Gasteiger partial charge in [-0.1, -0.05) is 33.6 Å². The van der Waals surface area contributed by atoms with Gasteiger partial charge in [-0.3, -0.25) is 9.59 Å². The minimum Gasteiger partial charge on any atom is -0.343 e. The Labute approximate surface area is 161 Å². The van der Waals surface area contributed by atoms with Crippen LogP contribution in [0.2, 0.25) is 0 Å². The highest BCUT2D eigenvalue weighted by Crippen LogP contribution is 2.16. The van der Waals surface area contributed by atoms with Crippen molar-refractivity contribution in [3.8, 4) is 0 Å². The van der Waals surface area contributed by atoms with Crippen LogP contribution in [0.5, 0.6) is 0 Å². The Morgan fingerprint density at radius 2 is 1.92 bits per heavy atom. The quantitative estimate of drug-likeness (QED) is 0.491. The maximum Gasteiger partial charge on any atom is 0.317 e. The minimum atomic E-state index is -0.580. The summed E-state index contributed by atoms with van der Waals surface area (Å²) in [6.45, 7) is 10.0. The molecule has 0 saturated carbocycles. The molecule has 0 aromatic carbocycles. The number of nitrogens with one attached hydrogen (secondary N) is 2. The first-order valence-corrected chi connectivity index (χ1v) is 10.1. The van der Waals surface area contributed by atoms with Gasteiger partial charge < -0.3 is 20.4 Å². The first-order valence-electron chi connectivity index (χ1n) is 9.54. The predicted molar refractivity (Wildman–Crippen MR) is 103 cm³/mol. The lowest BCUT2D eigenvalue weighted by molar-refractivity contribution is -0.139. The fourth-order valence-corrected chi connectivity index (χ4v) is 3.10. The highest BCUT2D eigenvalue weighted by Gasteiger charge is 2.35. The van der Waals surface area contributed by atoms with Crippen LogP contribution in [0.25, 0.3) is 0 Å². The van der Waals surface area contributed by atoms with Crippen LogP contribution in [0.1, 0.15) is 47.0 Å². The van der Waals surface area contributed by atoms with Crippen molar-refractivity contribution in [3.05, 3.63) is 0 Å². The van der Waals surface area contributed by atoms with Crippen molar-refractivity contribution in [2.24, 2.45) is 5.92 Å². The number of nitrogens with zero attached hydrogens (tertiary/aromatic N) is 2. The lowest BCUT2D eigenvalue weighted by atomic mass is 9.97. The summed E-state index contributed by atoms with van der Waals surface area (Å²) in [5.74, 6) is -0.592. The number of halogens is 1. The fourth-order valence-electron chi connectivity index (χ4n) is 3.02. The Hall–Kier alpha value is -1.50. The molecule has 3 unspecified atom stereocenters. The van der Waals surface area contributed by atoms with Crippen LogP contribution in [-0.2, 0) is 9.59 Å². The van der Waals surface area contributed by atoms with Crippen molar-refractivity contribution in [1.82, 2.24) is 20.4 Å². The summed E-state index contributed by atoms with van der Waals surface area (Å²) in [5, 5.41) is 5.67. The Morgan fingerprint density at radius 1 is 1.23 bits per heavy atom. The third-order valence-corrected chi connectivity index (χ3v) is 5.17. The number of carbonyl (C=O) groups excluding carboxylic acids is 3. The van der Waals surface area contributed by atoms with Gasteiger partial charge in [0.15, 0.2) is 0 Å². The van der Waals surface area contributed by atoms with Crippen LogP contribution in [0, 0.1) is 5.92 Å².